The summed E-state index contributed by atoms with van der Waals surface area (Å²) in [4.78, 5) is 37.9. The Labute approximate surface area is 89.6 Å². The fraction of sp³-hybridized carbons (Fsp3) is 0. The first-order chi connectivity index (χ1) is 3.73. The van der Waals surface area contributed by atoms with Crippen LogP contribution in [0, 0.1) is 0 Å². The molecule has 0 aliphatic carbocycles. The molecule has 0 aliphatic rings. The quantitative estimate of drug-likeness (QED) is 0.237. The molecule has 0 bridgehead atoms. The van der Waals surface area contributed by atoms with Crippen molar-refractivity contribution < 1.29 is 37.0 Å². The Kier molecular flexibility index (Phi) is 13.0. The average molecular weight is 200 g/mol. The average Bonchev–Trinajstić information content (AvgIpc) is 1.19. The fourth-order valence-corrected chi connectivity index (χ4v) is 0. The van der Waals surface area contributed by atoms with E-state index < -0.39 is 15.2 Å². The number of carboxylic acid groups (broad SMARTS) is 2. The van der Waals surface area contributed by atoms with Crippen LogP contribution >= 0.6 is 0 Å². The number of carbonyl (C=O) groups is 1. The zero-order valence-electron chi connectivity index (χ0n) is 6.80. The molecule has 0 rings (SSSR count). The Morgan fingerprint density at radius 3 is 1.10 bits per heavy atom. The minimum absolute atomic E-state index is 0. The van der Waals surface area contributed by atoms with E-state index in [-0.39, 0.29) is 40.6 Å². The Morgan fingerprint density at radius 1 is 1.10 bits per heavy atom. The number of rotatable bonds is 0. The summed E-state index contributed by atoms with van der Waals surface area (Å²) in [6.45, 7) is 0. The van der Waals surface area contributed by atoms with E-state index in [9.17, 15) is 0 Å². The fourth-order valence-electron chi connectivity index (χ4n) is 0. The van der Waals surface area contributed by atoms with Gasteiger partial charge in [-0.2, -0.15) is 0 Å². The molecular formula is CH8CaO7Si. The van der Waals surface area contributed by atoms with E-state index in [0.717, 1.165) is 0 Å². The summed E-state index contributed by atoms with van der Waals surface area (Å²) in [6, 6.07) is 0. The van der Waals surface area contributed by atoms with Crippen LogP contribution in [0.5, 0.6) is 0 Å². The number of hydrogen-bond acceptors (Lipinski definition) is 5. The van der Waals surface area contributed by atoms with Crippen LogP contribution < -0.4 is 0 Å². The second-order valence-electron chi connectivity index (χ2n) is 0.883. The summed E-state index contributed by atoms with van der Waals surface area (Å²) in [5, 5.41) is 13.9. The molecule has 9 heteroatoms. The van der Waals surface area contributed by atoms with Crippen molar-refractivity contribution in [3.05, 3.63) is 0 Å². The third kappa shape index (κ3) is 1440. The van der Waals surface area contributed by atoms with E-state index in [0.29, 0.717) is 0 Å². The first kappa shape index (κ1) is 16.9. The van der Waals surface area contributed by atoms with Crippen molar-refractivity contribution in [1.82, 2.24) is 0 Å². The molecule has 0 spiro atoms. The zero-order chi connectivity index (χ0) is 8.08. The van der Waals surface area contributed by atoms with E-state index in [2.05, 4.69) is 0 Å². The standard InChI is InChI=1S/CH2O3.Ca.H4O4Si.2H/c2-1(3)4;;1-5(2,3)4;;/h(H2,2,3,4);;1-4H;;/q;+2;;2*-1. The molecule has 0 saturated carbocycles. The summed E-state index contributed by atoms with van der Waals surface area (Å²) in [5.41, 5.74) is 0. The van der Waals surface area contributed by atoms with E-state index in [1.165, 1.54) is 0 Å². The molecule has 0 atom stereocenters. The van der Waals surface area contributed by atoms with Crippen molar-refractivity contribution in [1.29, 1.82) is 0 Å². The van der Waals surface area contributed by atoms with Crippen molar-refractivity contribution in [3.8, 4) is 0 Å². The second kappa shape index (κ2) is 7.69. The molecule has 0 unspecified atom stereocenters. The minimum atomic E-state index is -4.61. The Balaban J connectivity index is -0.0000000221. The van der Waals surface area contributed by atoms with Gasteiger partial charge in [-0.15, -0.1) is 0 Å². The van der Waals surface area contributed by atoms with E-state index >= 15 is 0 Å². The van der Waals surface area contributed by atoms with Gasteiger partial charge in [0.25, 0.3) is 0 Å². The van der Waals surface area contributed by atoms with Crippen molar-refractivity contribution in [2.75, 3.05) is 0 Å². The monoisotopic (exact) mass is 200 g/mol. The molecule has 7 nitrogen and oxygen atoms in total. The minimum Gasteiger partial charge on any atom is -1.00 e. The van der Waals surface area contributed by atoms with Crippen molar-refractivity contribution in [3.63, 3.8) is 0 Å². The molecule has 0 fully saturated rings. The molecule has 10 heavy (non-hydrogen) atoms. The van der Waals surface area contributed by atoms with Gasteiger partial charge in [0.2, 0.25) is 0 Å². The maximum absolute atomic E-state index is 8.56. The Hall–Kier alpha value is 0.587. The van der Waals surface area contributed by atoms with Crippen LogP contribution in [0.4, 0.5) is 4.79 Å². The van der Waals surface area contributed by atoms with Gasteiger partial charge in [-0.1, -0.05) is 0 Å². The summed E-state index contributed by atoms with van der Waals surface area (Å²) in [6.07, 6.45) is -1.83. The van der Waals surface area contributed by atoms with E-state index in [1.54, 1.807) is 0 Å². The maximum atomic E-state index is 8.56. The third-order valence-electron chi connectivity index (χ3n) is 0. The molecule has 0 aliphatic heterocycles. The first-order valence-electron chi connectivity index (χ1n) is 1.55. The van der Waals surface area contributed by atoms with Crippen LogP contribution in [-0.4, -0.2) is 82.3 Å². The Morgan fingerprint density at radius 2 is 1.10 bits per heavy atom. The topological polar surface area (TPSA) is 138 Å². The van der Waals surface area contributed by atoms with E-state index in [4.69, 9.17) is 34.2 Å². The summed E-state index contributed by atoms with van der Waals surface area (Å²) < 4.78 is 0. The molecule has 60 valence electrons. The largest absolute Gasteiger partial charge is 2.00 e. The van der Waals surface area contributed by atoms with Gasteiger partial charge < -0.3 is 32.2 Å². The van der Waals surface area contributed by atoms with Gasteiger partial charge in [0.05, 0.1) is 0 Å². The van der Waals surface area contributed by atoms with Crippen molar-refractivity contribution in [2.45, 2.75) is 0 Å². The molecule has 0 heterocycles. The molecule has 0 amide bonds. The predicted molar refractivity (Wildman–Crippen MR) is 33.3 cm³/mol. The molecule has 0 aromatic rings. The molecule has 0 saturated heterocycles. The van der Waals surface area contributed by atoms with Gasteiger partial charge >= 0.3 is 52.9 Å². The second-order valence-corrected chi connectivity index (χ2v) is 2.08. The molecule has 0 aromatic carbocycles. The van der Waals surface area contributed by atoms with Crippen LogP contribution in [-0.2, 0) is 0 Å². The van der Waals surface area contributed by atoms with Gasteiger partial charge in [0.1, 0.15) is 0 Å². The van der Waals surface area contributed by atoms with Crippen LogP contribution in [0.1, 0.15) is 2.85 Å². The molecule has 6 N–H and O–H groups in total. The number of hydrogen-bond donors (Lipinski definition) is 6. The van der Waals surface area contributed by atoms with Gasteiger partial charge in [0.15, 0.2) is 0 Å². The van der Waals surface area contributed by atoms with Crippen molar-refractivity contribution >= 4 is 52.9 Å². The third-order valence-corrected chi connectivity index (χ3v) is 0. The zero-order valence-corrected chi connectivity index (χ0v) is 8.01. The smallest absolute Gasteiger partial charge is 1.00 e. The van der Waals surface area contributed by atoms with Gasteiger partial charge in [-0.25, -0.2) is 4.79 Å². The van der Waals surface area contributed by atoms with Gasteiger partial charge in [-0.05, 0) is 0 Å². The van der Waals surface area contributed by atoms with Crippen LogP contribution in [0.25, 0.3) is 0 Å². The molecule has 0 aromatic heterocycles. The SMILES string of the molecule is O=C(O)O.O[Si](O)(O)O.[Ca+2].[H-].[H-]. The summed E-state index contributed by atoms with van der Waals surface area (Å²) >= 11 is 0. The van der Waals surface area contributed by atoms with Crippen molar-refractivity contribution in [2.24, 2.45) is 0 Å². The summed E-state index contributed by atoms with van der Waals surface area (Å²) in [7, 11) is -4.61. The summed E-state index contributed by atoms with van der Waals surface area (Å²) in [5.74, 6) is 0. The van der Waals surface area contributed by atoms with Gasteiger partial charge in [0, 0.05) is 0 Å². The maximum Gasteiger partial charge on any atom is 2.00 e. The van der Waals surface area contributed by atoms with Gasteiger partial charge in [-0.3, -0.25) is 0 Å². The predicted octanol–water partition coefficient (Wildman–Crippen LogP) is -2.54. The van der Waals surface area contributed by atoms with E-state index in [1.807, 2.05) is 0 Å². The molecular weight excluding hydrogens is 192 g/mol. The van der Waals surface area contributed by atoms with Crippen LogP contribution in [0.15, 0.2) is 0 Å². The molecule has 0 radical (unpaired) electrons. The first-order valence-corrected chi connectivity index (χ1v) is 3.33. The van der Waals surface area contributed by atoms with Crippen LogP contribution in [0.3, 0.4) is 0 Å². The van der Waals surface area contributed by atoms with Crippen LogP contribution in [0.2, 0.25) is 0 Å². The normalized spacial score (nSPS) is 8.40. The Bertz CT molecular complexity index is 83.9.